The second-order valence-corrected chi connectivity index (χ2v) is 17.5. The Kier molecular flexibility index (Phi) is 8.68. The molecule has 8 N–H and O–H groups in total. The normalized spacial score (nSPS) is 57.5. The molecule has 4 saturated carbocycles. The van der Waals surface area contributed by atoms with E-state index in [-0.39, 0.29) is 35.2 Å². The number of fused-ring (bicyclic) bond motifs is 7. The second-order valence-electron chi connectivity index (χ2n) is 17.5. The fourth-order valence-corrected chi connectivity index (χ4v) is 12.4. The minimum absolute atomic E-state index is 0.00373. The number of allylic oxidation sites excluding steroid dienone is 1. The molecule has 0 amide bonds. The lowest BCUT2D eigenvalue weighted by atomic mass is 9.33. The summed E-state index contributed by atoms with van der Waals surface area (Å²) < 4.78 is 11.4. The topological polar surface area (TPSA) is 197 Å². The molecule has 1 heterocycles. The number of ether oxygens (including phenoxy) is 2. The summed E-state index contributed by atoms with van der Waals surface area (Å²) in [6.07, 6.45) is -2.75. The smallest absolute Gasteiger partial charge is 0.315 e. The minimum Gasteiger partial charge on any atom is -0.432 e. The van der Waals surface area contributed by atoms with Crippen molar-refractivity contribution in [3.63, 3.8) is 0 Å². The standard InChI is InChI=1S/C36H58O11/c1-18-9-12-36(30(44)47-29-26(42)25(41)24(40)21(16-37)46-29)14-13-33(4)19(27(36)35(18,6)45)7-8-23-31(2)15-20(39)28(43)32(3,17-38)22(31)10-11-34(23,33)5/h7,18,20-29,37-43,45H,8-17H2,1-6H3/t18-,20-,21-,22+,23-,24-,25+,26-,27-,28+,29+,31+,32+,33+,34-,35-,36+/m1/s1. The van der Waals surface area contributed by atoms with Crippen molar-refractivity contribution < 1.29 is 55.1 Å². The van der Waals surface area contributed by atoms with Crippen LogP contribution >= 0.6 is 0 Å². The Morgan fingerprint density at radius 3 is 2.23 bits per heavy atom. The number of carbonyl (C=O) groups excluding carboxylic acids is 1. The Morgan fingerprint density at radius 1 is 0.915 bits per heavy atom. The molecule has 11 heteroatoms. The van der Waals surface area contributed by atoms with E-state index in [2.05, 4.69) is 26.8 Å². The monoisotopic (exact) mass is 666 g/mol. The average molecular weight is 667 g/mol. The lowest BCUT2D eigenvalue weighted by Crippen LogP contribution is -2.69. The Morgan fingerprint density at radius 2 is 1.60 bits per heavy atom. The van der Waals surface area contributed by atoms with Crippen LogP contribution in [0.25, 0.3) is 0 Å². The molecule has 17 atom stereocenters. The van der Waals surface area contributed by atoms with Crippen LogP contribution in [0.15, 0.2) is 11.6 Å². The first-order valence-corrected chi connectivity index (χ1v) is 17.7. The van der Waals surface area contributed by atoms with E-state index in [0.717, 1.165) is 18.4 Å². The van der Waals surface area contributed by atoms with Crippen LogP contribution in [-0.2, 0) is 14.3 Å². The van der Waals surface area contributed by atoms with Gasteiger partial charge in [-0.3, -0.25) is 4.79 Å². The van der Waals surface area contributed by atoms with Gasteiger partial charge in [0.1, 0.15) is 24.4 Å². The Bertz CT molecular complexity index is 1270. The maximum absolute atomic E-state index is 14.5. The Balaban J connectivity index is 1.40. The molecule has 47 heavy (non-hydrogen) atoms. The van der Waals surface area contributed by atoms with Gasteiger partial charge in [-0.1, -0.05) is 46.3 Å². The molecule has 0 aromatic heterocycles. The van der Waals surface area contributed by atoms with Gasteiger partial charge in [0.2, 0.25) is 6.29 Å². The number of rotatable bonds is 4. The van der Waals surface area contributed by atoms with Crippen LogP contribution in [-0.4, -0.2) is 109 Å². The van der Waals surface area contributed by atoms with Gasteiger partial charge >= 0.3 is 5.97 Å². The number of aliphatic hydroxyl groups excluding tert-OH is 7. The van der Waals surface area contributed by atoms with Crippen molar-refractivity contribution in [3.05, 3.63) is 11.6 Å². The summed E-state index contributed by atoms with van der Waals surface area (Å²) in [5.74, 6) is -1.23. The average Bonchev–Trinajstić information content (AvgIpc) is 3.02. The molecule has 268 valence electrons. The zero-order valence-corrected chi connectivity index (χ0v) is 28.8. The van der Waals surface area contributed by atoms with Gasteiger partial charge in [0, 0.05) is 11.3 Å². The zero-order valence-electron chi connectivity index (χ0n) is 28.8. The molecule has 0 spiro atoms. The molecule has 11 nitrogen and oxygen atoms in total. The molecular weight excluding hydrogens is 608 g/mol. The summed E-state index contributed by atoms with van der Waals surface area (Å²) in [6, 6.07) is 0. The van der Waals surface area contributed by atoms with Crippen molar-refractivity contribution in [2.24, 2.45) is 50.7 Å². The summed E-state index contributed by atoms with van der Waals surface area (Å²) in [6.45, 7) is 11.6. The quantitative estimate of drug-likeness (QED) is 0.160. The van der Waals surface area contributed by atoms with Gasteiger partial charge in [-0.05, 0) is 92.3 Å². The largest absolute Gasteiger partial charge is 0.432 e. The maximum Gasteiger partial charge on any atom is 0.315 e. The molecule has 0 radical (unpaired) electrons. The van der Waals surface area contributed by atoms with Gasteiger partial charge < -0.3 is 50.3 Å². The highest BCUT2D eigenvalue weighted by molar-refractivity contribution is 5.79. The molecule has 0 unspecified atom stereocenters. The van der Waals surface area contributed by atoms with Crippen LogP contribution in [0.2, 0.25) is 0 Å². The summed E-state index contributed by atoms with van der Waals surface area (Å²) in [7, 11) is 0. The third-order valence-corrected chi connectivity index (χ3v) is 15.6. The molecule has 6 rings (SSSR count). The molecule has 0 aromatic carbocycles. The number of hydrogen-bond acceptors (Lipinski definition) is 11. The van der Waals surface area contributed by atoms with Gasteiger partial charge in [-0.15, -0.1) is 0 Å². The van der Waals surface area contributed by atoms with Crippen molar-refractivity contribution in [1.82, 2.24) is 0 Å². The minimum atomic E-state index is -1.72. The zero-order chi connectivity index (χ0) is 34.7. The van der Waals surface area contributed by atoms with Crippen LogP contribution in [0.5, 0.6) is 0 Å². The Hall–Kier alpha value is -1.15. The van der Waals surface area contributed by atoms with Crippen LogP contribution in [0.1, 0.15) is 92.9 Å². The lowest BCUT2D eigenvalue weighted by Gasteiger charge is -2.72. The molecule has 6 aliphatic rings. The highest BCUT2D eigenvalue weighted by atomic mass is 16.7. The third kappa shape index (κ3) is 4.60. The number of carbonyl (C=O) groups is 1. The molecule has 0 aromatic rings. The number of esters is 1. The fourth-order valence-electron chi connectivity index (χ4n) is 12.4. The van der Waals surface area contributed by atoms with E-state index in [1.165, 1.54) is 0 Å². The first-order valence-electron chi connectivity index (χ1n) is 17.7. The van der Waals surface area contributed by atoms with Gasteiger partial charge in [-0.2, -0.15) is 0 Å². The van der Waals surface area contributed by atoms with Crippen molar-refractivity contribution in [1.29, 1.82) is 0 Å². The van der Waals surface area contributed by atoms with E-state index < -0.39 is 83.3 Å². The van der Waals surface area contributed by atoms with Gasteiger partial charge in [0.25, 0.3) is 0 Å². The predicted octanol–water partition coefficient (Wildman–Crippen LogP) is 1.41. The lowest BCUT2D eigenvalue weighted by molar-refractivity contribution is -0.299. The summed E-state index contributed by atoms with van der Waals surface area (Å²) in [4.78, 5) is 14.5. The molecule has 0 bridgehead atoms. The van der Waals surface area contributed by atoms with Crippen LogP contribution in [0.4, 0.5) is 0 Å². The van der Waals surface area contributed by atoms with Crippen LogP contribution in [0, 0.1) is 50.7 Å². The van der Waals surface area contributed by atoms with Crippen molar-refractivity contribution >= 4 is 5.97 Å². The summed E-state index contributed by atoms with van der Waals surface area (Å²) in [5.41, 5.74) is -3.27. The van der Waals surface area contributed by atoms with E-state index in [4.69, 9.17) is 9.47 Å². The first kappa shape index (κ1) is 35.7. The van der Waals surface area contributed by atoms with E-state index in [1.54, 1.807) is 0 Å². The second kappa shape index (κ2) is 11.4. The van der Waals surface area contributed by atoms with Crippen molar-refractivity contribution in [2.75, 3.05) is 13.2 Å². The molecule has 1 saturated heterocycles. The van der Waals surface area contributed by atoms with E-state index in [9.17, 15) is 45.6 Å². The van der Waals surface area contributed by atoms with E-state index in [1.807, 2.05) is 20.8 Å². The molecule has 5 fully saturated rings. The van der Waals surface area contributed by atoms with Crippen molar-refractivity contribution in [2.45, 2.75) is 141 Å². The Labute approximate surface area is 278 Å². The molecule has 5 aliphatic carbocycles. The highest BCUT2D eigenvalue weighted by Crippen LogP contribution is 2.76. The summed E-state index contributed by atoms with van der Waals surface area (Å²) >= 11 is 0. The van der Waals surface area contributed by atoms with Crippen LogP contribution in [0.3, 0.4) is 0 Å². The number of hydrogen-bond donors (Lipinski definition) is 8. The first-order chi connectivity index (χ1) is 21.8. The van der Waals surface area contributed by atoms with Gasteiger partial charge in [0.05, 0.1) is 36.4 Å². The summed E-state index contributed by atoms with van der Waals surface area (Å²) in [5, 5.41) is 86.2. The van der Waals surface area contributed by atoms with E-state index >= 15 is 0 Å². The fraction of sp³-hybridized carbons (Fsp3) is 0.917. The molecule has 1 aliphatic heterocycles. The van der Waals surface area contributed by atoms with Gasteiger partial charge in [-0.25, -0.2) is 0 Å². The number of aliphatic hydroxyl groups is 8. The van der Waals surface area contributed by atoms with Gasteiger partial charge in [0.15, 0.2) is 0 Å². The molecular formula is C36H58O11. The highest BCUT2D eigenvalue weighted by Gasteiger charge is 2.72. The predicted molar refractivity (Wildman–Crippen MR) is 169 cm³/mol. The SMILES string of the molecule is C[C@@H]1CC[C@]2(C(=O)O[C@@H]3O[C@H](CO)[C@@H](O)[C@H](O)[C@H]3O)CC[C@@]3(C)C(=CC[C@@H]4[C@@]5(C)C[C@@H](O)[C@H](O)[C@@](C)(CO)[C@H]5CC[C@]43C)[C@@H]2[C@]1(C)O. The maximum atomic E-state index is 14.5. The van der Waals surface area contributed by atoms with E-state index in [0.29, 0.717) is 38.5 Å². The third-order valence-electron chi connectivity index (χ3n) is 15.6. The van der Waals surface area contributed by atoms with Crippen LogP contribution < -0.4 is 0 Å². The van der Waals surface area contributed by atoms with Crippen molar-refractivity contribution in [3.8, 4) is 0 Å².